The predicted molar refractivity (Wildman–Crippen MR) is 106 cm³/mol. The van der Waals surface area contributed by atoms with E-state index in [1.165, 1.54) is 19.3 Å². The lowest BCUT2D eigenvalue weighted by molar-refractivity contribution is 0.00213. The van der Waals surface area contributed by atoms with Gasteiger partial charge in [-0.15, -0.1) is 0 Å². The standard InChI is InChI=1S/C21H27N5O/c1-14-10-19(24-21(22)23-14)16-7-5-8-17(11-16)20(27)25-12-18(13-25)26-9-4-3-6-15(26)2/h5,7-8,10-11,15,18H,3-4,6,9,12-13H2,1-2H3,(H2,22,23,24)/t15-/m0/s1. The van der Waals surface area contributed by atoms with Gasteiger partial charge in [-0.3, -0.25) is 9.69 Å². The van der Waals surface area contributed by atoms with Crippen LogP contribution in [0.3, 0.4) is 0 Å². The number of amides is 1. The number of aromatic nitrogens is 2. The molecule has 0 radical (unpaired) electrons. The predicted octanol–water partition coefficient (Wildman–Crippen LogP) is 2.73. The Balaban J connectivity index is 1.46. The fourth-order valence-electron chi connectivity index (χ4n) is 4.23. The second-order valence-electron chi connectivity index (χ2n) is 7.78. The van der Waals surface area contributed by atoms with E-state index in [1.54, 1.807) is 0 Å². The fraction of sp³-hybridized carbons (Fsp3) is 0.476. The molecule has 0 spiro atoms. The van der Waals surface area contributed by atoms with Crippen LogP contribution in [0, 0.1) is 6.92 Å². The largest absolute Gasteiger partial charge is 0.368 e. The quantitative estimate of drug-likeness (QED) is 0.905. The van der Waals surface area contributed by atoms with Crippen LogP contribution >= 0.6 is 0 Å². The van der Waals surface area contributed by atoms with Crippen LogP contribution in [0.2, 0.25) is 0 Å². The highest BCUT2D eigenvalue weighted by atomic mass is 16.2. The molecule has 2 fully saturated rings. The lowest BCUT2D eigenvalue weighted by Gasteiger charge is -2.49. The van der Waals surface area contributed by atoms with E-state index in [-0.39, 0.29) is 11.9 Å². The number of nitrogens with zero attached hydrogens (tertiary/aromatic N) is 4. The van der Waals surface area contributed by atoms with Gasteiger partial charge in [0.05, 0.1) is 5.69 Å². The summed E-state index contributed by atoms with van der Waals surface area (Å²) in [5.74, 6) is 0.347. The lowest BCUT2D eigenvalue weighted by atomic mass is 9.96. The zero-order valence-corrected chi connectivity index (χ0v) is 16.1. The van der Waals surface area contributed by atoms with Crippen molar-refractivity contribution in [3.8, 4) is 11.3 Å². The number of carbonyl (C=O) groups is 1. The molecule has 0 saturated carbocycles. The number of nitrogens with two attached hydrogens (primary N) is 1. The minimum Gasteiger partial charge on any atom is -0.368 e. The Bertz CT molecular complexity index is 826. The molecular weight excluding hydrogens is 338 g/mol. The molecule has 2 aliphatic rings. The molecule has 1 aromatic carbocycles. The monoisotopic (exact) mass is 365 g/mol. The molecule has 4 rings (SSSR count). The molecule has 27 heavy (non-hydrogen) atoms. The lowest BCUT2D eigenvalue weighted by Crippen LogP contribution is -2.63. The highest BCUT2D eigenvalue weighted by Gasteiger charge is 2.37. The summed E-state index contributed by atoms with van der Waals surface area (Å²) in [6, 6.07) is 10.7. The van der Waals surface area contributed by atoms with E-state index in [4.69, 9.17) is 5.73 Å². The van der Waals surface area contributed by atoms with Crippen LogP contribution < -0.4 is 5.73 Å². The number of anilines is 1. The number of hydrogen-bond acceptors (Lipinski definition) is 5. The Morgan fingerprint density at radius 2 is 2.00 bits per heavy atom. The van der Waals surface area contributed by atoms with Gasteiger partial charge in [-0.1, -0.05) is 18.6 Å². The van der Waals surface area contributed by atoms with Gasteiger partial charge in [-0.25, -0.2) is 9.97 Å². The maximum Gasteiger partial charge on any atom is 0.253 e. The van der Waals surface area contributed by atoms with E-state index in [1.807, 2.05) is 42.2 Å². The van der Waals surface area contributed by atoms with Crippen molar-refractivity contribution in [2.75, 3.05) is 25.4 Å². The number of carbonyl (C=O) groups excluding carboxylic acids is 1. The molecule has 0 unspecified atom stereocenters. The van der Waals surface area contributed by atoms with Crippen LogP contribution in [0.15, 0.2) is 30.3 Å². The van der Waals surface area contributed by atoms with Crippen LogP contribution in [0.4, 0.5) is 5.95 Å². The van der Waals surface area contributed by atoms with Crippen molar-refractivity contribution < 1.29 is 4.79 Å². The van der Waals surface area contributed by atoms with Gasteiger partial charge < -0.3 is 10.6 Å². The summed E-state index contributed by atoms with van der Waals surface area (Å²) < 4.78 is 0. The van der Waals surface area contributed by atoms with Crippen molar-refractivity contribution in [1.82, 2.24) is 19.8 Å². The first-order valence-electron chi connectivity index (χ1n) is 9.78. The Morgan fingerprint density at radius 3 is 2.74 bits per heavy atom. The number of hydrogen-bond donors (Lipinski definition) is 1. The van der Waals surface area contributed by atoms with E-state index in [0.717, 1.165) is 36.6 Å². The molecule has 2 N–H and O–H groups in total. The maximum absolute atomic E-state index is 12.9. The summed E-state index contributed by atoms with van der Waals surface area (Å²) in [5.41, 5.74) is 8.92. The van der Waals surface area contributed by atoms with Crippen molar-refractivity contribution in [3.05, 3.63) is 41.6 Å². The van der Waals surface area contributed by atoms with Crippen LogP contribution in [-0.2, 0) is 0 Å². The molecule has 2 aliphatic heterocycles. The third-order valence-electron chi connectivity index (χ3n) is 5.75. The van der Waals surface area contributed by atoms with Gasteiger partial charge in [0, 0.05) is 42.0 Å². The second-order valence-corrected chi connectivity index (χ2v) is 7.78. The zero-order chi connectivity index (χ0) is 19.0. The molecule has 2 saturated heterocycles. The number of aryl methyl sites for hydroxylation is 1. The van der Waals surface area contributed by atoms with Gasteiger partial charge >= 0.3 is 0 Å². The van der Waals surface area contributed by atoms with Crippen molar-refractivity contribution in [2.45, 2.75) is 45.2 Å². The van der Waals surface area contributed by atoms with E-state index in [2.05, 4.69) is 21.8 Å². The van der Waals surface area contributed by atoms with Crippen molar-refractivity contribution in [2.24, 2.45) is 0 Å². The van der Waals surface area contributed by atoms with Gasteiger partial charge in [0.25, 0.3) is 5.91 Å². The number of likely N-dealkylation sites (tertiary alicyclic amines) is 2. The Labute approximate surface area is 160 Å². The topological polar surface area (TPSA) is 75.4 Å². The number of piperidine rings is 1. The minimum absolute atomic E-state index is 0.0940. The third-order valence-corrected chi connectivity index (χ3v) is 5.75. The molecule has 0 aliphatic carbocycles. The van der Waals surface area contributed by atoms with E-state index in [0.29, 0.717) is 17.6 Å². The minimum atomic E-state index is 0.0940. The third kappa shape index (κ3) is 3.67. The molecule has 1 aromatic heterocycles. The molecule has 6 nitrogen and oxygen atoms in total. The van der Waals surface area contributed by atoms with Crippen molar-refractivity contribution >= 4 is 11.9 Å². The summed E-state index contributed by atoms with van der Waals surface area (Å²) in [4.78, 5) is 25.8. The SMILES string of the molecule is Cc1cc(-c2cccc(C(=O)N3CC(N4CCCC[C@@H]4C)C3)c2)nc(N)n1. The first-order chi connectivity index (χ1) is 13.0. The number of rotatable bonds is 3. The Kier molecular flexibility index (Phi) is 4.83. The highest BCUT2D eigenvalue weighted by Crippen LogP contribution is 2.26. The number of nitrogen functional groups attached to an aromatic ring is 1. The fourth-order valence-corrected chi connectivity index (χ4v) is 4.23. The molecule has 1 amide bonds. The van der Waals surface area contributed by atoms with Crippen LogP contribution in [0.25, 0.3) is 11.3 Å². The maximum atomic E-state index is 12.9. The second kappa shape index (κ2) is 7.27. The first kappa shape index (κ1) is 17.9. The van der Waals surface area contributed by atoms with Crippen LogP contribution in [-0.4, -0.2) is 57.4 Å². The summed E-state index contributed by atoms with van der Waals surface area (Å²) >= 11 is 0. The van der Waals surface area contributed by atoms with Crippen molar-refractivity contribution in [1.29, 1.82) is 0 Å². The average molecular weight is 365 g/mol. The Morgan fingerprint density at radius 1 is 1.19 bits per heavy atom. The smallest absolute Gasteiger partial charge is 0.253 e. The molecule has 2 aromatic rings. The van der Waals surface area contributed by atoms with Gasteiger partial charge in [-0.2, -0.15) is 0 Å². The molecule has 0 bridgehead atoms. The van der Waals surface area contributed by atoms with E-state index < -0.39 is 0 Å². The summed E-state index contributed by atoms with van der Waals surface area (Å²) in [6.07, 6.45) is 3.87. The van der Waals surface area contributed by atoms with Gasteiger partial charge in [0.15, 0.2) is 0 Å². The van der Waals surface area contributed by atoms with Gasteiger partial charge in [-0.05, 0) is 51.4 Å². The summed E-state index contributed by atoms with van der Waals surface area (Å²) in [6.45, 7) is 7.01. The van der Waals surface area contributed by atoms with Crippen LogP contribution in [0.1, 0.15) is 42.2 Å². The summed E-state index contributed by atoms with van der Waals surface area (Å²) in [5, 5.41) is 0. The molecule has 6 heteroatoms. The van der Waals surface area contributed by atoms with Crippen LogP contribution in [0.5, 0.6) is 0 Å². The summed E-state index contributed by atoms with van der Waals surface area (Å²) in [7, 11) is 0. The average Bonchev–Trinajstić information content (AvgIpc) is 2.61. The van der Waals surface area contributed by atoms with Crippen molar-refractivity contribution in [3.63, 3.8) is 0 Å². The molecule has 3 heterocycles. The highest BCUT2D eigenvalue weighted by molar-refractivity contribution is 5.96. The van der Waals surface area contributed by atoms with E-state index in [9.17, 15) is 4.79 Å². The number of benzene rings is 1. The van der Waals surface area contributed by atoms with Gasteiger partial charge in [0.2, 0.25) is 5.95 Å². The molecule has 1 atom stereocenters. The normalized spacial score (nSPS) is 21.1. The van der Waals surface area contributed by atoms with E-state index >= 15 is 0 Å². The molecular formula is C21H27N5O. The molecule has 142 valence electrons. The zero-order valence-electron chi connectivity index (χ0n) is 16.1. The van der Waals surface area contributed by atoms with Gasteiger partial charge in [0.1, 0.15) is 0 Å². The first-order valence-corrected chi connectivity index (χ1v) is 9.78. The Hall–Kier alpha value is -2.47.